The Hall–Kier alpha value is -1.59. The Balaban J connectivity index is 1.92. The molecule has 2 rings (SSSR count). The van der Waals surface area contributed by atoms with Crippen molar-refractivity contribution in [3.8, 4) is 5.75 Å². The highest BCUT2D eigenvalue weighted by Gasteiger charge is 2.23. The molecule has 1 aromatic carbocycles. The van der Waals surface area contributed by atoms with E-state index >= 15 is 0 Å². The van der Waals surface area contributed by atoms with E-state index in [1.54, 1.807) is 14.0 Å². The Morgan fingerprint density at radius 1 is 1.28 bits per heavy atom. The quantitative estimate of drug-likeness (QED) is 0.723. The van der Waals surface area contributed by atoms with E-state index in [1.807, 2.05) is 31.1 Å². The summed E-state index contributed by atoms with van der Waals surface area (Å²) in [5, 5.41) is 0. The number of carbonyl (C=O) groups excluding carboxylic acids is 1. The lowest BCUT2D eigenvalue weighted by atomic mass is 9.96. The fourth-order valence-corrected chi connectivity index (χ4v) is 3.53. The zero-order valence-corrected chi connectivity index (χ0v) is 16.2. The van der Waals surface area contributed by atoms with Gasteiger partial charge in [0.1, 0.15) is 5.75 Å². The molecule has 0 radical (unpaired) electrons. The summed E-state index contributed by atoms with van der Waals surface area (Å²) in [4.78, 5) is 18.6. The number of hydrogen-bond donors (Lipinski definition) is 0. The van der Waals surface area contributed by atoms with Crippen LogP contribution in [0.15, 0.2) is 24.3 Å². The lowest BCUT2D eigenvalue weighted by molar-refractivity contribution is -0.129. The third-order valence-electron chi connectivity index (χ3n) is 4.93. The van der Waals surface area contributed by atoms with Crippen molar-refractivity contribution in [3.05, 3.63) is 29.8 Å². The molecule has 5 nitrogen and oxygen atoms in total. The topological polar surface area (TPSA) is 36.0 Å². The van der Waals surface area contributed by atoms with Crippen LogP contribution in [-0.4, -0.2) is 74.5 Å². The number of piperidine rings is 1. The maximum absolute atomic E-state index is 12.0. The van der Waals surface area contributed by atoms with Crippen molar-refractivity contribution in [2.45, 2.75) is 26.3 Å². The van der Waals surface area contributed by atoms with Gasteiger partial charge in [0.25, 0.3) is 0 Å². The van der Waals surface area contributed by atoms with Gasteiger partial charge in [-0.2, -0.15) is 0 Å². The van der Waals surface area contributed by atoms with Gasteiger partial charge in [-0.25, -0.2) is 0 Å². The van der Waals surface area contributed by atoms with E-state index in [0.29, 0.717) is 5.92 Å². The zero-order valence-electron chi connectivity index (χ0n) is 16.2. The van der Waals surface area contributed by atoms with E-state index in [0.717, 1.165) is 45.0 Å². The second-order valence-electron chi connectivity index (χ2n) is 7.32. The minimum atomic E-state index is 0.184. The lowest BCUT2D eigenvalue weighted by Gasteiger charge is -2.36. The van der Waals surface area contributed by atoms with Crippen LogP contribution in [0.25, 0.3) is 0 Å². The summed E-state index contributed by atoms with van der Waals surface area (Å²) < 4.78 is 5.48. The van der Waals surface area contributed by atoms with E-state index in [9.17, 15) is 4.79 Å². The van der Waals surface area contributed by atoms with Crippen LogP contribution in [0.5, 0.6) is 5.75 Å². The first-order valence-corrected chi connectivity index (χ1v) is 9.24. The molecule has 140 valence electrons. The predicted molar refractivity (Wildman–Crippen MR) is 102 cm³/mol. The molecule has 0 aliphatic carbocycles. The second-order valence-corrected chi connectivity index (χ2v) is 7.32. The molecule has 1 aliphatic heterocycles. The minimum absolute atomic E-state index is 0.184. The average molecular weight is 348 g/mol. The van der Waals surface area contributed by atoms with Gasteiger partial charge in [-0.3, -0.25) is 9.69 Å². The number of amides is 1. The summed E-state index contributed by atoms with van der Waals surface area (Å²) in [7, 11) is 5.83. The van der Waals surface area contributed by atoms with Gasteiger partial charge in [-0.15, -0.1) is 0 Å². The number of benzene rings is 1. The van der Waals surface area contributed by atoms with Crippen molar-refractivity contribution in [3.63, 3.8) is 0 Å². The van der Waals surface area contributed by atoms with Crippen molar-refractivity contribution in [1.29, 1.82) is 0 Å². The van der Waals surface area contributed by atoms with Crippen LogP contribution in [0.2, 0.25) is 0 Å². The molecule has 1 heterocycles. The monoisotopic (exact) mass is 347 g/mol. The van der Waals surface area contributed by atoms with Crippen LogP contribution >= 0.6 is 0 Å². The highest BCUT2D eigenvalue weighted by Crippen LogP contribution is 2.23. The predicted octanol–water partition coefficient (Wildman–Crippen LogP) is 2.32. The van der Waals surface area contributed by atoms with Gasteiger partial charge in [-0.05, 0) is 45.5 Å². The molecular formula is C20H33N3O2. The minimum Gasteiger partial charge on any atom is -0.496 e. The highest BCUT2D eigenvalue weighted by molar-refractivity contribution is 5.73. The SMILES string of the molecule is COc1ccccc1CN1CCCC(CN(CCN(C)C)C(C)=O)C1. The van der Waals surface area contributed by atoms with E-state index in [4.69, 9.17) is 4.74 Å². The molecular weight excluding hydrogens is 314 g/mol. The Kier molecular flexibility index (Phi) is 7.72. The number of hydrogen-bond acceptors (Lipinski definition) is 4. The van der Waals surface area contributed by atoms with Crippen LogP contribution in [0.3, 0.4) is 0 Å². The number of methoxy groups -OCH3 is 1. The molecule has 0 bridgehead atoms. The maximum Gasteiger partial charge on any atom is 0.219 e. The van der Waals surface area contributed by atoms with Gasteiger partial charge in [0.15, 0.2) is 0 Å². The molecule has 0 N–H and O–H groups in total. The molecule has 1 aromatic rings. The van der Waals surface area contributed by atoms with E-state index in [-0.39, 0.29) is 5.91 Å². The first kappa shape index (κ1) is 19.7. The Labute approximate surface area is 152 Å². The first-order chi connectivity index (χ1) is 12.0. The summed E-state index contributed by atoms with van der Waals surface area (Å²) in [6, 6.07) is 8.24. The van der Waals surface area contributed by atoms with Gasteiger partial charge in [-0.1, -0.05) is 18.2 Å². The van der Waals surface area contributed by atoms with Crippen LogP contribution in [0, 0.1) is 5.92 Å². The number of likely N-dealkylation sites (N-methyl/N-ethyl adjacent to an activating group) is 1. The molecule has 0 aromatic heterocycles. The van der Waals surface area contributed by atoms with Crippen molar-refractivity contribution >= 4 is 5.91 Å². The van der Waals surface area contributed by atoms with Crippen molar-refractivity contribution < 1.29 is 9.53 Å². The van der Waals surface area contributed by atoms with Gasteiger partial charge < -0.3 is 14.5 Å². The molecule has 1 aliphatic rings. The first-order valence-electron chi connectivity index (χ1n) is 9.24. The molecule has 1 atom stereocenters. The number of nitrogens with zero attached hydrogens (tertiary/aromatic N) is 3. The number of likely N-dealkylation sites (tertiary alicyclic amines) is 1. The largest absolute Gasteiger partial charge is 0.496 e. The van der Waals surface area contributed by atoms with Crippen LogP contribution in [0.1, 0.15) is 25.3 Å². The number of carbonyl (C=O) groups is 1. The van der Waals surface area contributed by atoms with Crippen LogP contribution in [-0.2, 0) is 11.3 Å². The molecule has 25 heavy (non-hydrogen) atoms. The number of rotatable bonds is 8. The summed E-state index contributed by atoms with van der Waals surface area (Å²) in [5.74, 6) is 1.69. The Morgan fingerprint density at radius 3 is 2.72 bits per heavy atom. The molecule has 5 heteroatoms. The third-order valence-corrected chi connectivity index (χ3v) is 4.93. The van der Waals surface area contributed by atoms with Gasteiger partial charge >= 0.3 is 0 Å². The second kappa shape index (κ2) is 9.78. The molecule has 1 saturated heterocycles. The molecule has 1 fully saturated rings. The summed E-state index contributed by atoms with van der Waals surface area (Å²) >= 11 is 0. The fraction of sp³-hybridized carbons (Fsp3) is 0.650. The molecule has 1 unspecified atom stereocenters. The fourth-order valence-electron chi connectivity index (χ4n) is 3.53. The number of ether oxygens (including phenoxy) is 1. The maximum atomic E-state index is 12.0. The smallest absolute Gasteiger partial charge is 0.219 e. The van der Waals surface area contributed by atoms with E-state index < -0.39 is 0 Å². The molecule has 1 amide bonds. The van der Waals surface area contributed by atoms with Gasteiger partial charge in [0.2, 0.25) is 5.91 Å². The highest BCUT2D eigenvalue weighted by atomic mass is 16.5. The average Bonchev–Trinajstić information content (AvgIpc) is 2.59. The Morgan fingerprint density at radius 2 is 2.04 bits per heavy atom. The van der Waals surface area contributed by atoms with Crippen LogP contribution in [0.4, 0.5) is 0 Å². The zero-order chi connectivity index (χ0) is 18.2. The lowest BCUT2D eigenvalue weighted by Crippen LogP contribution is -2.43. The molecule has 0 spiro atoms. The normalized spacial score (nSPS) is 18.4. The van der Waals surface area contributed by atoms with Crippen molar-refractivity contribution in [1.82, 2.24) is 14.7 Å². The standard InChI is InChI=1S/C20H33N3O2/c1-17(24)23(13-12-21(2)3)15-18-8-7-11-22(14-18)16-19-9-5-6-10-20(19)25-4/h5-6,9-10,18H,7-8,11-16H2,1-4H3. The van der Waals surface area contributed by atoms with Gasteiger partial charge in [0, 0.05) is 45.2 Å². The number of para-hydroxylation sites is 1. The Bertz CT molecular complexity index is 547. The summed E-state index contributed by atoms with van der Waals surface area (Å²) in [6.45, 7) is 7.35. The van der Waals surface area contributed by atoms with E-state index in [2.05, 4.69) is 21.9 Å². The summed E-state index contributed by atoms with van der Waals surface area (Å²) in [5.41, 5.74) is 1.24. The van der Waals surface area contributed by atoms with Crippen molar-refractivity contribution in [2.24, 2.45) is 5.92 Å². The van der Waals surface area contributed by atoms with Gasteiger partial charge in [0.05, 0.1) is 7.11 Å². The van der Waals surface area contributed by atoms with E-state index in [1.165, 1.54) is 18.4 Å². The van der Waals surface area contributed by atoms with Crippen LogP contribution < -0.4 is 4.74 Å². The summed E-state index contributed by atoms with van der Waals surface area (Å²) in [6.07, 6.45) is 2.40. The third kappa shape index (κ3) is 6.33. The van der Waals surface area contributed by atoms with Crippen molar-refractivity contribution in [2.75, 3.05) is 53.9 Å². The molecule has 0 saturated carbocycles.